The Morgan fingerprint density at radius 3 is 2.70 bits per heavy atom. The number of benzene rings is 1. The highest BCUT2D eigenvalue weighted by Crippen LogP contribution is 2.34. The lowest BCUT2D eigenvalue weighted by molar-refractivity contribution is -0.137. The van der Waals surface area contributed by atoms with Gasteiger partial charge in [-0.1, -0.05) is 12.1 Å². The quantitative estimate of drug-likeness (QED) is 0.703. The Labute approximate surface area is 169 Å². The highest BCUT2D eigenvalue weighted by Gasteiger charge is 2.34. The number of halogens is 3. The Balaban J connectivity index is 1.67. The van der Waals surface area contributed by atoms with Crippen LogP contribution < -0.4 is 10.9 Å². The van der Waals surface area contributed by atoms with Crippen LogP contribution in [0.2, 0.25) is 0 Å². The van der Waals surface area contributed by atoms with Crippen LogP contribution in [0.15, 0.2) is 41.5 Å². The van der Waals surface area contributed by atoms with E-state index in [2.05, 4.69) is 15.3 Å². The van der Waals surface area contributed by atoms with Crippen LogP contribution in [0.1, 0.15) is 42.6 Å². The fourth-order valence-electron chi connectivity index (χ4n) is 3.67. The first kappa shape index (κ1) is 20.1. The lowest BCUT2D eigenvalue weighted by Crippen LogP contribution is -2.32. The van der Waals surface area contributed by atoms with Gasteiger partial charge in [0, 0.05) is 5.69 Å². The van der Waals surface area contributed by atoms with Crippen LogP contribution in [0.3, 0.4) is 0 Å². The molecule has 2 aromatic heterocycles. The molecule has 0 radical (unpaired) electrons. The summed E-state index contributed by atoms with van der Waals surface area (Å²) in [6, 6.07) is 5.41. The van der Waals surface area contributed by atoms with Crippen LogP contribution in [0.5, 0.6) is 0 Å². The molecule has 0 saturated heterocycles. The summed E-state index contributed by atoms with van der Waals surface area (Å²) >= 11 is 0. The minimum absolute atomic E-state index is 0.300. The summed E-state index contributed by atoms with van der Waals surface area (Å²) in [6.45, 7) is 1.44. The number of carbonyl (C=O) groups excluding carboxylic acids is 1. The Morgan fingerprint density at radius 2 is 1.93 bits per heavy atom. The molecule has 0 saturated carbocycles. The number of carbonyl (C=O) groups is 1. The third-order valence-electron chi connectivity index (χ3n) is 5.34. The molecule has 9 heteroatoms. The van der Waals surface area contributed by atoms with Crippen molar-refractivity contribution < 1.29 is 18.0 Å². The van der Waals surface area contributed by atoms with Crippen molar-refractivity contribution in [2.24, 2.45) is 0 Å². The number of alkyl halides is 3. The largest absolute Gasteiger partial charge is 0.418 e. The van der Waals surface area contributed by atoms with E-state index in [9.17, 15) is 22.8 Å². The Kier molecular flexibility index (Phi) is 5.05. The van der Waals surface area contributed by atoms with Gasteiger partial charge < -0.3 is 5.32 Å². The SMILES string of the molecule is C[C@H](C(=O)Nc1ccccc1C(F)(F)F)n1cnc2nc3c(cc2c1=O)CCCC3. The average Bonchev–Trinajstić information content (AvgIpc) is 2.72. The fraction of sp³-hybridized carbons (Fsp3) is 0.333. The first-order chi connectivity index (χ1) is 14.3. The summed E-state index contributed by atoms with van der Waals surface area (Å²) in [5.74, 6) is -0.749. The fourth-order valence-corrected chi connectivity index (χ4v) is 3.67. The molecule has 0 aliphatic heterocycles. The van der Waals surface area contributed by atoms with Gasteiger partial charge in [0.2, 0.25) is 5.91 Å². The first-order valence-corrected chi connectivity index (χ1v) is 9.62. The van der Waals surface area contributed by atoms with Crippen molar-refractivity contribution in [2.75, 3.05) is 5.32 Å². The van der Waals surface area contributed by atoms with E-state index in [4.69, 9.17) is 0 Å². The van der Waals surface area contributed by atoms with Crippen molar-refractivity contribution in [1.29, 1.82) is 0 Å². The molecule has 4 rings (SSSR count). The molecule has 1 aromatic carbocycles. The standard InChI is InChI=1S/C21H19F3N4O2/c1-12(19(29)27-17-9-5-3-7-15(17)21(22,23)24)28-11-25-18-14(20(28)30)10-13-6-2-4-8-16(13)26-18/h3,5,7,9-12H,2,4,6,8H2,1H3,(H,27,29)/t12-/m1/s1. The zero-order chi connectivity index (χ0) is 21.5. The van der Waals surface area contributed by atoms with E-state index in [1.807, 2.05) is 0 Å². The molecule has 1 aliphatic carbocycles. The molecule has 3 aromatic rings. The third kappa shape index (κ3) is 3.67. The lowest BCUT2D eigenvalue weighted by atomic mass is 9.95. The topological polar surface area (TPSA) is 76.9 Å². The van der Waals surface area contributed by atoms with Crippen molar-refractivity contribution in [3.63, 3.8) is 0 Å². The summed E-state index contributed by atoms with van der Waals surface area (Å²) in [6.07, 6.45) is 0.335. The van der Waals surface area contributed by atoms with E-state index >= 15 is 0 Å². The Hall–Kier alpha value is -3.23. The molecular formula is C21H19F3N4O2. The van der Waals surface area contributed by atoms with Crippen molar-refractivity contribution in [3.05, 3.63) is 63.8 Å². The number of aryl methyl sites for hydroxylation is 2. The number of pyridine rings is 1. The molecule has 1 N–H and O–H groups in total. The second-order valence-electron chi connectivity index (χ2n) is 7.34. The molecule has 1 atom stereocenters. The molecule has 1 aliphatic rings. The van der Waals surface area contributed by atoms with Crippen molar-refractivity contribution in [2.45, 2.75) is 44.8 Å². The van der Waals surface area contributed by atoms with Crippen LogP contribution in [0.25, 0.3) is 11.0 Å². The molecule has 30 heavy (non-hydrogen) atoms. The smallest absolute Gasteiger partial charge is 0.324 e. The number of anilines is 1. The minimum Gasteiger partial charge on any atom is -0.324 e. The number of amides is 1. The maximum absolute atomic E-state index is 13.2. The monoisotopic (exact) mass is 416 g/mol. The third-order valence-corrected chi connectivity index (χ3v) is 5.34. The molecule has 1 amide bonds. The van der Waals surface area contributed by atoms with Gasteiger partial charge in [-0.15, -0.1) is 0 Å². The Bertz CT molecular complexity index is 1190. The number of fused-ring (bicyclic) bond motifs is 2. The Morgan fingerprint density at radius 1 is 1.20 bits per heavy atom. The van der Waals surface area contributed by atoms with Crippen molar-refractivity contribution in [1.82, 2.24) is 14.5 Å². The summed E-state index contributed by atoms with van der Waals surface area (Å²) < 4.78 is 40.6. The highest BCUT2D eigenvalue weighted by atomic mass is 19.4. The number of nitrogens with zero attached hydrogens (tertiary/aromatic N) is 3. The molecule has 0 spiro atoms. The van der Waals surface area contributed by atoms with Crippen LogP contribution in [0, 0.1) is 0 Å². The van der Waals surface area contributed by atoms with Gasteiger partial charge in [-0.2, -0.15) is 13.2 Å². The molecule has 156 valence electrons. The minimum atomic E-state index is -4.61. The molecule has 0 fully saturated rings. The molecule has 0 unspecified atom stereocenters. The van der Waals surface area contributed by atoms with Gasteiger partial charge in [0.15, 0.2) is 5.65 Å². The van der Waals surface area contributed by atoms with Gasteiger partial charge in [-0.25, -0.2) is 9.97 Å². The number of para-hydroxylation sites is 1. The molecule has 6 nitrogen and oxygen atoms in total. The zero-order valence-electron chi connectivity index (χ0n) is 16.2. The number of rotatable bonds is 3. The van der Waals surface area contributed by atoms with Gasteiger partial charge in [-0.05, 0) is 56.4 Å². The van der Waals surface area contributed by atoms with Crippen molar-refractivity contribution in [3.8, 4) is 0 Å². The first-order valence-electron chi connectivity index (χ1n) is 9.62. The van der Waals surface area contributed by atoms with Gasteiger partial charge in [0.1, 0.15) is 12.4 Å². The maximum Gasteiger partial charge on any atom is 0.418 e. The lowest BCUT2D eigenvalue weighted by Gasteiger charge is -2.19. The highest BCUT2D eigenvalue weighted by molar-refractivity contribution is 5.94. The summed E-state index contributed by atoms with van der Waals surface area (Å²) in [7, 11) is 0. The van der Waals surface area contributed by atoms with Crippen molar-refractivity contribution >= 4 is 22.6 Å². The summed E-state index contributed by atoms with van der Waals surface area (Å²) in [5.41, 5.74) is 0.485. The predicted octanol–water partition coefficient (Wildman–Crippen LogP) is 3.89. The van der Waals surface area contributed by atoms with E-state index in [1.165, 1.54) is 31.5 Å². The van der Waals surface area contributed by atoms with E-state index in [0.29, 0.717) is 11.0 Å². The number of aromatic nitrogens is 3. The van der Waals surface area contributed by atoms with E-state index < -0.39 is 29.2 Å². The predicted molar refractivity (Wildman–Crippen MR) is 105 cm³/mol. The second-order valence-corrected chi connectivity index (χ2v) is 7.34. The zero-order valence-corrected chi connectivity index (χ0v) is 16.2. The van der Waals surface area contributed by atoms with Crippen LogP contribution >= 0.6 is 0 Å². The van der Waals surface area contributed by atoms with E-state index in [0.717, 1.165) is 47.6 Å². The number of hydrogen-bond acceptors (Lipinski definition) is 4. The van der Waals surface area contributed by atoms with Gasteiger partial charge in [-0.3, -0.25) is 14.2 Å². The van der Waals surface area contributed by atoms with Crippen LogP contribution in [0.4, 0.5) is 18.9 Å². The van der Waals surface area contributed by atoms with E-state index in [1.54, 1.807) is 6.07 Å². The molecule has 0 bridgehead atoms. The number of hydrogen-bond donors (Lipinski definition) is 1. The molecular weight excluding hydrogens is 397 g/mol. The summed E-state index contributed by atoms with van der Waals surface area (Å²) in [5, 5.41) is 2.58. The molecule has 2 heterocycles. The number of nitrogens with one attached hydrogen (secondary N) is 1. The summed E-state index contributed by atoms with van der Waals surface area (Å²) in [4.78, 5) is 34.3. The maximum atomic E-state index is 13.2. The average molecular weight is 416 g/mol. The normalized spacial score (nSPS) is 14.9. The second kappa shape index (κ2) is 7.55. The van der Waals surface area contributed by atoms with E-state index in [-0.39, 0.29) is 5.69 Å². The van der Waals surface area contributed by atoms with Crippen LogP contribution in [-0.2, 0) is 23.8 Å². The van der Waals surface area contributed by atoms with Gasteiger partial charge in [0.05, 0.1) is 16.6 Å². The van der Waals surface area contributed by atoms with Crippen LogP contribution in [-0.4, -0.2) is 20.4 Å². The van der Waals surface area contributed by atoms with Gasteiger partial charge in [0.25, 0.3) is 5.56 Å². The van der Waals surface area contributed by atoms with Gasteiger partial charge >= 0.3 is 6.18 Å².